The van der Waals surface area contributed by atoms with Crippen LogP contribution in [0.3, 0.4) is 0 Å². The SMILES string of the molecule is CC(=O)c1ccccc1.O=C(CC(=O)c1ccccc1)c1ccccc1. The molecule has 0 unspecified atom stereocenters. The van der Waals surface area contributed by atoms with Crippen LogP contribution in [0.5, 0.6) is 0 Å². The molecule has 3 aromatic carbocycles. The summed E-state index contributed by atoms with van der Waals surface area (Å²) in [6.07, 6.45) is -0.0754. The Morgan fingerprint density at radius 2 is 0.846 bits per heavy atom. The summed E-state index contributed by atoms with van der Waals surface area (Å²) >= 11 is 0. The number of carbonyl (C=O) groups is 3. The maximum atomic E-state index is 11.8. The van der Waals surface area contributed by atoms with Gasteiger partial charge in [-0.3, -0.25) is 14.4 Å². The van der Waals surface area contributed by atoms with E-state index in [9.17, 15) is 14.4 Å². The first-order valence-electron chi connectivity index (χ1n) is 8.30. The highest BCUT2D eigenvalue weighted by atomic mass is 16.1. The van der Waals surface area contributed by atoms with Crippen molar-refractivity contribution < 1.29 is 14.4 Å². The average Bonchev–Trinajstić information content (AvgIpc) is 2.70. The Bertz CT molecular complexity index is 804. The fourth-order valence-electron chi connectivity index (χ4n) is 2.27. The van der Waals surface area contributed by atoms with Gasteiger partial charge >= 0.3 is 0 Å². The van der Waals surface area contributed by atoms with Crippen molar-refractivity contribution in [2.24, 2.45) is 0 Å². The smallest absolute Gasteiger partial charge is 0.170 e. The van der Waals surface area contributed by atoms with Crippen molar-refractivity contribution in [3.05, 3.63) is 108 Å². The lowest BCUT2D eigenvalue weighted by atomic mass is 10.0. The molecule has 0 atom stereocenters. The molecule has 0 heterocycles. The fraction of sp³-hybridized carbons (Fsp3) is 0.0870. The maximum Gasteiger partial charge on any atom is 0.170 e. The number of hydrogen-bond acceptors (Lipinski definition) is 3. The van der Waals surface area contributed by atoms with Gasteiger partial charge in [0, 0.05) is 16.7 Å². The van der Waals surface area contributed by atoms with E-state index in [0.717, 1.165) is 5.56 Å². The van der Waals surface area contributed by atoms with E-state index >= 15 is 0 Å². The zero-order valence-corrected chi connectivity index (χ0v) is 14.6. The first-order valence-corrected chi connectivity index (χ1v) is 8.30. The zero-order chi connectivity index (χ0) is 18.8. The molecular formula is C23H20O3. The van der Waals surface area contributed by atoms with Crippen LogP contribution < -0.4 is 0 Å². The van der Waals surface area contributed by atoms with E-state index in [1.165, 1.54) is 0 Å². The lowest BCUT2D eigenvalue weighted by Gasteiger charge is -2.00. The van der Waals surface area contributed by atoms with E-state index in [1.807, 2.05) is 42.5 Å². The summed E-state index contributed by atoms with van der Waals surface area (Å²) in [6.45, 7) is 1.56. The van der Waals surface area contributed by atoms with Crippen molar-refractivity contribution in [2.75, 3.05) is 0 Å². The molecule has 0 aliphatic carbocycles. The van der Waals surface area contributed by atoms with E-state index < -0.39 is 0 Å². The molecule has 0 aromatic heterocycles. The molecule has 3 heteroatoms. The second kappa shape index (κ2) is 9.84. The van der Waals surface area contributed by atoms with E-state index in [0.29, 0.717) is 11.1 Å². The number of rotatable bonds is 5. The third-order valence-electron chi connectivity index (χ3n) is 3.69. The molecule has 0 bridgehead atoms. The second-order valence-electron chi connectivity index (χ2n) is 5.68. The highest BCUT2D eigenvalue weighted by Crippen LogP contribution is 2.08. The van der Waals surface area contributed by atoms with Crippen LogP contribution in [-0.2, 0) is 0 Å². The molecule has 0 N–H and O–H groups in total. The number of carbonyl (C=O) groups excluding carboxylic acids is 3. The fourth-order valence-corrected chi connectivity index (χ4v) is 2.27. The van der Waals surface area contributed by atoms with Gasteiger partial charge in [-0.2, -0.15) is 0 Å². The molecule has 0 spiro atoms. The van der Waals surface area contributed by atoms with Crippen molar-refractivity contribution in [2.45, 2.75) is 13.3 Å². The predicted octanol–water partition coefficient (Wildman–Crippen LogP) is 5.03. The molecule has 3 nitrogen and oxygen atoms in total. The first-order chi connectivity index (χ1) is 12.6. The quantitative estimate of drug-likeness (QED) is 0.482. The third-order valence-corrected chi connectivity index (χ3v) is 3.69. The lowest BCUT2D eigenvalue weighted by Crippen LogP contribution is -2.08. The number of benzene rings is 3. The zero-order valence-electron chi connectivity index (χ0n) is 14.6. The Kier molecular flexibility index (Phi) is 7.19. The normalized spacial score (nSPS) is 9.58. The second-order valence-corrected chi connectivity index (χ2v) is 5.68. The minimum absolute atomic E-state index is 0.0754. The Morgan fingerprint density at radius 3 is 1.12 bits per heavy atom. The molecule has 3 aromatic rings. The summed E-state index contributed by atoms with van der Waals surface area (Å²) in [5.41, 5.74) is 1.94. The van der Waals surface area contributed by atoms with E-state index in [-0.39, 0.29) is 23.8 Å². The van der Waals surface area contributed by atoms with E-state index in [2.05, 4.69) is 0 Å². The molecule has 3 rings (SSSR count). The van der Waals surface area contributed by atoms with Crippen LogP contribution in [-0.4, -0.2) is 17.3 Å². The molecule has 0 amide bonds. The van der Waals surface area contributed by atoms with Gasteiger partial charge in [-0.15, -0.1) is 0 Å². The van der Waals surface area contributed by atoms with Crippen molar-refractivity contribution in [3.63, 3.8) is 0 Å². The molecule has 130 valence electrons. The molecule has 0 saturated heterocycles. The van der Waals surface area contributed by atoms with Gasteiger partial charge in [-0.1, -0.05) is 91.0 Å². The van der Waals surface area contributed by atoms with Crippen LogP contribution in [0.15, 0.2) is 91.0 Å². The summed E-state index contributed by atoms with van der Waals surface area (Å²) in [6, 6.07) is 27.0. The van der Waals surface area contributed by atoms with Crippen LogP contribution in [0, 0.1) is 0 Å². The molecule has 0 aliphatic rings. The van der Waals surface area contributed by atoms with Gasteiger partial charge in [0.05, 0.1) is 6.42 Å². The summed E-state index contributed by atoms with van der Waals surface area (Å²) in [4.78, 5) is 34.3. The van der Waals surface area contributed by atoms with Crippen LogP contribution in [0.1, 0.15) is 44.4 Å². The largest absolute Gasteiger partial charge is 0.295 e. The highest BCUT2D eigenvalue weighted by molar-refractivity contribution is 6.13. The van der Waals surface area contributed by atoms with Crippen LogP contribution in [0.2, 0.25) is 0 Å². The van der Waals surface area contributed by atoms with Crippen LogP contribution >= 0.6 is 0 Å². The first kappa shape index (κ1) is 19.0. The Morgan fingerprint density at radius 1 is 0.538 bits per heavy atom. The van der Waals surface area contributed by atoms with Crippen molar-refractivity contribution in [1.29, 1.82) is 0 Å². The summed E-state index contributed by atoms with van der Waals surface area (Å²) < 4.78 is 0. The third kappa shape index (κ3) is 5.95. The molecule has 0 aliphatic heterocycles. The molecule has 0 radical (unpaired) electrons. The van der Waals surface area contributed by atoms with Gasteiger partial charge in [-0.25, -0.2) is 0 Å². The highest BCUT2D eigenvalue weighted by Gasteiger charge is 2.12. The minimum atomic E-state index is -0.139. The standard InChI is InChI=1S/C15H12O2.C8H8O/c16-14(12-7-3-1-4-8-12)11-15(17)13-9-5-2-6-10-13;1-7(9)8-5-3-2-4-6-8/h1-10H,11H2;2-6H,1H3. The monoisotopic (exact) mass is 344 g/mol. The number of Topliss-reactive ketones (excluding diaryl/α,β-unsaturated/α-hetero) is 3. The van der Waals surface area contributed by atoms with Gasteiger partial charge in [0.1, 0.15) is 0 Å². The van der Waals surface area contributed by atoms with E-state index in [1.54, 1.807) is 55.5 Å². The molecular weight excluding hydrogens is 324 g/mol. The van der Waals surface area contributed by atoms with Gasteiger partial charge in [-0.05, 0) is 6.92 Å². The summed E-state index contributed by atoms with van der Waals surface area (Å²) in [5, 5.41) is 0. The number of ketones is 3. The molecule has 0 saturated carbocycles. The minimum Gasteiger partial charge on any atom is -0.295 e. The van der Waals surface area contributed by atoms with Crippen LogP contribution in [0.25, 0.3) is 0 Å². The van der Waals surface area contributed by atoms with Crippen molar-refractivity contribution in [1.82, 2.24) is 0 Å². The van der Waals surface area contributed by atoms with Crippen LogP contribution in [0.4, 0.5) is 0 Å². The lowest BCUT2D eigenvalue weighted by molar-refractivity contribution is 0.0893. The summed E-state index contributed by atoms with van der Waals surface area (Å²) in [5.74, 6) is -0.158. The van der Waals surface area contributed by atoms with Crippen molar-refractivity contribution >= 4 is 17.3 Å². The van der Waals surface area contributed by atoms with Gasteiger partial charge in [0.25, 0.3) is 0 Å². The average molecular weight is 344 g/mol. The van der Waals surface area contributed by atoms with Gasteiger partial charge in [0.2, 0.25) is 0 Å². The Labute approximate surface area is 153 Å². The van der Waals surface area contributed by atoms with E-state index in [4.69, 9.17) is 0 Å². The Hall–Kier alpha value is -3.33. The van der Waals surface area contributed by atoms with Gasteiger partial charge in [0.15, 0.2) is 17.3 Å². The molecule has 26 heavy (non-hydrogen) atoms. The van der Waals surface area contributed by atoms with Crippen molar-refractivity contribution in [3.8, 4) is 0 Å². The Balaban J connectivity index is 0.000000228. The molecule has 0 fully saturated rings. The maximum absolute atomic E-state index is 11.8. The summed E-state index contributed by atoms with van der Waals surface area (Å²) in [7, 11) is 0. The van der Waals surface area contributed by atoms with Gasteiger partial charge < -0.3 is 0 Å². The number of hydrogen-bond donors (Lipinski definition) is 0. The topological polar surface area (TPSA) is 51.2 Å². The predicted molar refractivity (Wildman–Crippen MR) is 103 cm³/mol.